The molecule has 1 atom stereocenters. The largest absolute Gasteiger partial charge is 0.493 e. The van der Waals surface area contributed by atoms with E-state index in [1.165, 1.54) is 0 Å². The molecule has 0 aliphatic carbocycles. The Balaban J connectivity index is 1.69. The summed E-state index contributed by atoms with van der Waals surface area (Å²) in [7, 11) is -1.92. The summed E-state index contributed by atoms with van der Waals surface area (Å²) in [5.74, 6) is 0.713. The van der Waals surface area contributed by atoms with Crippen LogP contribution < -0.4 is 14.4 Å². The molecule has 152 valence electrons. The molecule has 1 N–H and O–H groups in total. The SMILES string of the molecule is CCCOc1ccc(S(=O)(=O)Nc2ccc(N3CCC(OC)C3)cc2)cc1C. The Morgan fingerprint density at radius 1 is 1.18 bits per heavy atom. The fourth-order valence-electron chi connectivity index (χ4n) is 3.27. The standard InChI is InChI=1S/C21H28N2O4S/c1-4-13-27-21-10-9-20(14-16(21)2)28(24,25)22-17-5-7-18(8-6-17)23-12-11-19(15-23)26-3/h5-10,14,19,22H,4,11-13,15H2,1-3H3. The van der Waals surface area contributed by atoms with Gasteiger partial charge in [0.15, 0.2) is 0 Å². The van der Waals surface area contributed by atoms with Crippen molar-refractivity contribution >= 4 is 21.4 Å². The van der Waals surface area contributed by atoms with Crippen LogP contribution in [0.1, 0.15) is 25.3 Å². The first kappa shape index (κ1) is 20.5. The summed E-state index contributed by atoms with van der Waals surface area (Å²) in [6, 6.07) is 12.4. The van der Waals surface area contributed by atoms with Gasteiger partial charge < -0.3 is 14.4 Å². The monoisotopic (exact) mass is 404 g/mol. The lowest BCUT2D eigenvalue weighted by molar-refractivity contribution is 0.121. The van der Waals surface area contributed by atoms with Gasteiger partial charge in [0.25, 0.3) is 10.0 Å². The molecule has 0 radical (unpaired) electrons. The molecule has 0 spiro atoms. The van der Waals surface area contributed by atoms with Crippen molar-refractivity contribution in [3.05, 3.63) is 48.0 Å². The maximum Gasteiger partial charge on any atom is 0.261 e. The fourth-order valence-corrected chi connectivity index (χ4v) is 4.42. The van der Waals surface area contributed by atoms with Gasteiger partial charge in [0.2, 0.25) is 0 Å². The Morgan fingerprint density at radius 3 is 2.54 bits per heavy atom. The Labute approximate surface area is 167 Å². The summed E-state index contributed by atoms with van der Waals surface area (Å²) in [5, 5.41) is 0. The number of hydrogen-bond donors (Lipinski definition) is 1. The molecule has 0 aromatic heterocycles. The summed E-state index contributed by atoms with van der Waals surface area (Å²) in [6.07, 6.45) is 2.16. The average Bonchev–Trinajstić information content (AvgIpc) is 3.16. The molecule has 0 amide bonds. The zero-order valence-corrected chi connectivity index (χ0v) is 17.5. The van der Waals surface area contributed by atoms with Crippen LogP contribution in [0.25, 0.3) is 0 Å². The van der Waals surface area contributed by atoms with Crippen molar-refractivity contribution < 1.29 is 17.9 Å². The van der Waals surface area contributed by atoms with Crippen LogP contribution in [0.5, 0.6) is 5.75 Å². The van der Waals surface area contributed by atoms with Crippen molar-refractivity contribution in [3.8, 4) is 5.75 Å². The van der Waals surface area contributed by atoms with Crippen LogP contribution in [-0.4, -0.2) is 41.3 Å². The third kappa shape index (κ3) is 4.77. The minimum absolute atomic E-state index is 0.223. The molecule has 7 heteroatoms. The van der Waals surface area contributed by atoms with E-state index < -0.39 is 10.0 Å². The first-order valence-electron chi connectivity index (χ1n) is 9.57. The first-order chi connectivity index (χ1) is 13.4. The molecule has 1 heterocycles. The van der Waals surface area contributed by atoms with E-state index in [4.69, 9.17) is 9.47 Å². The van der Waals surface area contributed by atoms with Gasteiger partial charge in [-0.25, -0.2) is 8.42 Å². The second-order valence-corrected chi connectivity index (χ2v) is 8.70. The fraction of sp³-hybridized carbons (Fsp3) is 0.429. The van der Waals surface area contributed by atoms with E-state index in [0.717, 1.165) is 37.2 Å². The number of anilines is 2. The quantitative estimate of drug-likeness (QED) is 0.725. The molecule has 1 aliphatic rings. The lowest BCUT2D eigenvalue weighted by Crippen LogP contribution is -2.22. The van der Waals surface area contributed by atoms with Gasteiger partial charge in [-0.05, 0) is 67.8 Å². The second kappa shape index (κ2) is 8.84. The van der Waals surface area contributed by atoms with Crippen molar-refractivity contribution in [2.75, 3.05) is 36.4 Å². The van der Waals surface area contributed by atoms with E-state index in [0.29, 0.717) is 18.0 Å². The van der Waals surface area contributed by atoms with Crippen molar-refractivity contribution in [1.29, 1.82) is 0 Å². The summed E-state index contributed by atoms with van der Waals surface area (Å²) in [5.41, 5.74) is 2.40. The molecule has 1 saturated heterocycles. The van der Waals surface area contributed by atoms with Gasteiger partial charge in [-0.15, -0.1) is 0 Å². The molecule has 1 unspecified atom stereocenters. The van der Waals surface area contributed by atoms with E-state index in [1.807, 2.05) is 26.0 Å². The number of benzene rings is 2. The summed E-state index contributed by atoms with van der Waals surface area (Å²) < 4.78 is 39.1. The van der Waals surface area contributed by atoms with Gasteiger partial charge >= 0.3 is 0 Å². The smallest absolute Gasteiger partial charge is 0.261 e. The number of sulfonamides is 1. The van der Waals surface area contributed by atoms with Crippen LogP contribution in [0.3, 0.4) is 0 Å². The first-order valence-corrected chi connectivity index (χ1v) is 11.1. The predicted octanol–water partition coefficient (Wildman–Crippen LogP) is 3.81. The van der Waals surface area contributed by atoms with Crippen LogP contribution in [0, 0.1) is 6.92 Å². The highest BCUT2D eigenvalue weighted by Crippen LogP contribution is 2.26. The maximum absolute atomic E-state index is 12.7. The van der Waals surface area contributed by atoms with Crippen molar-refractivity contribution in [3.63, 3.8) is 0 Å². The van der Waals surface area contributed by atoms with Crippen molar-refractivity contribution in [2.24, 2.45) is 0 Å². The number of hydrogen-bond acceptors (Lipinski definition) is 5. The number of methoxy groups -OCH3 is 1. The van der Waals surface area contributed by atoms with Crippen LogP contribution in [0.4, 0.5) is 11.4 Å². The molecule has 28 heavy (non-hydrogen) atoms. The molecular formula is C21H28N2O4S. The molecule has 0 bridgehead atoms. The van der Waals surface area contributed by atoms with Gasteiger partial charge in [0.1, 0.15) is 5.75 Å². The molecule has 1 fully saturated rings. The van der Waals surface area contributed by atoms with E-state index in [-0.39, 0.29) is 11.0 Å². The van der Waals surface area contributed by atoms with Gasteiger partial charge in [0, 0.05) is 31.6 Å². The minimum atomic E-state index is -3.66. The molecule has 2 aromatic rings. The van der Waals surface area contributed by atoms with Crippen LogP contribution in [-0.2, 0) is 14.8 Å². The normalized spacial score (nSPS) is 17.0. The van der Waals surface area contributed by atoms with Crippen LogP contribution in [0.2, 0.25) is 0 Å². The van der Waals surface area contributed by atoms with Crippen molar-refractivity contribution in [1.82, 2.24) is 0 Å². The van der Waals surface area contributed by atoms with Gasteiger partial charge in [0.05, 0.1) is 17.6 Å². The highest BCUT2D eigenvalue weighted by Gasteiger charge is 2.22. The Morgan fingerprint density at radius 2 is 1.93 bits per heavy atom. The predicted molar refractivity (Wildman–Crippen MR) is 112 cm³/mol. The number of ether oxygens (including phenoxy) is 2. The summed E-state index contributed by atoms with van der Waals surface area (Å²) in [6.45, 7) is 6.29. The Kier molecular flexibility index (Phi) is 6.46. The molecule has 0 saturated carbocycles. The van der Waals surface area contributed by atoms with E-state index in [9.17, 15) is 8.42 Å². The minimum Gasteiger partial charge on any atom is -0.493 e. The molecule has 6 nitrogen and oxygen atoms in total. The molecular weight excluding hydrogens is 376 g/mol. The summed E-state index contributed by atoms with van der Waals surface area (Å²) >= 11 is 0. The number of nitrogens with zero attached hydrogens (tertiary/aromatic N) is 1. The van der Waals surface area contributed by atoms with Crippen LogP contribution >= 0.6 is 0 Å². The lowest BCUT2D eigenvalue weighted by atomic mass is 10.2. The second-order valence-electron chi connectivity index (χ2n) is 7.02. The molecule has 2 aromatic carbocycles. The van der Waals surface area contributed by atoms with E-state index in [1.54, 1.807) is 37.4 Å². The van der Waals surface area contributed by atoms with Gasteiger partial charge in [-0.1, -0.05) is 6.92 Å². The Hall–Kier alpha value is -2.25. The summed E-state index contributed by atoms with van der Waals surface area (Å²) in [4.78, 5) is 2.46. The zero-order valence-electron chi connectivity index (χ0n) is 16.6. The van der Waals surface area contributed by atoms with E-state index >= 15 is 0 Å². The lowest BCUT2D eigenvalue weighted by Gasteiger charge is -2.19. The van der Waals surface area contributed by atoms with E-state index in [2.05, 4.69) is 9.62 Å². The van der Waals surface area contributed by atoms with Crippen molar-refractivity contribution in [2.45, 2.75) is 37.7 Å². The van der Waals surface area contributed by atoms with Gasteiger partial charge in [-0.3, -0.25) is 4.72 Å². The van der Waals surface area contributed by atoms with Crippen LogP contribution in [0.15, 0.2) is 47.4 Å². The number of nitrogens with one attached hydrogen (secondary N) is 1. The number of aryl methyl sites for hydroxylation is 1. The number of rotatable bonds is 8. The highest BCUT2D eigenvalue weighted by molar-refractivity contribution is 7.92. The topological polar surface area (TPSA) is 67.9 Å². The molecule has 3 rings (SSSR count). The highest BCUT2D eigenvalue weighted by atomic mass is 32.2. The molecule has 1 aliphatic heterocycles. The Bertz CT molecular complexity index is 897. The third-order valence-corrected chi connectivity index (χ3v) is 6.26. The third-order valence-electron chi connectivity index (χ3n) is 4.88. The zero-order chi connectivity index (χ0) is 20.1. The maximum atomic E-state index is 12.7. The van der Waals surface area contributed by atoms with Gasteiger partial charge in [-0.2, -0.15) is 0 Å². The average molecular weight is 405 g/mol.